The molecule has 2 heterocycles. The second kappa shape index (κ2) is 7.07. The molecule has 0 aliphatic rings. The van der Waals surface area contributed by atoms with Gasteiger partial charge in [-0.3, -0.25) is 0 Å². The maximum Gasteiger partial charge on any atom is 0.311 e. The number of aromatic nitrogens is 3. The molecule has 3 rings (SSSR count). The van der Waals surface area contributed by atoms with Crippen molar-refractivity contribution in [2.24, 2.45) is 0 Å². The topological polar surface area (TPSA) is 126 Å². The van der Waals surface area contributed by atoms with Gasteiger partial charge in [-0.2, -0.15) is 13.4 Å². The number of nitrogen functional groups attached to an aromatic ring is 2. The molecule has 0 aliphatic carbocycles. The van der Waals surface area contributed by atoms with Crippen molar-refractivity contribution in [2.75, 3.05) is 11.5 Å². The number of aryl methyl sites for hydroxylation is 1. The molecule has 0 saturated heterocycles. The first-order chi connectivity index (χ1) is 12.7. The molecule has 8 nitrogen and oxygen atoms in total. The summed E-state index contributed by atoms with van der Waals surface area (Å²) in [6.07, 6.45) is 3.91. The van der Waals surface area contributed by atoms with Crippen LogP contribution in [-0.4, -0.2) is 28.2 Å². The van der Waals surface area contributed by atoms with Crippen molar-refractivity contribution in [1.82, 2.24) is 14.5 Å². The first kappa shape index (κ1) is 19.0. The summed E-state index contributed by atoms with van der Waals surface area (Å²) in [7, 11) is -3.72. The van der Waals surface area contributed by atoms with E-state index >= 15 is 0 Å². The third-order valence-electron chi connectivity index (χ3n) is 4.35. The third kappa shape index (κ3) is 3.82. The third-order valence-corrected chi connectivity index (χ3v) is 5.91. The van der Waals surface area contributed by atoms with E-state index in [1.807, 2.05) is 29.8 Å². The fourth-order valence-corrected chi connectivity index (χ4v) is 3.36. The van der Waals surface area contributed by atoms with Crippen LogP contribution in [0.5, 0.6) is 5.75 Å². The van der Waals surface area contributed by atoms with Gasteiger partial charge in [0.05, 0.1) is 10.8 Å². The van der Waals surface area contributed by atoms with Crippen molar-refractivity contribution in [3.05, 3.63) is 41.7 Å². The van der Waals surface area contributed by atoms with E-state index in [9.17, 15) is 8.42 Å². The van der Waals surface area contributed by atoms with Crippen LogP contribution in [0.25, 0.3) is 10.9 Å². The number of hydrogen-bond donors (Lipinski definition) is 2. The number of anilines is 2. The van der Waals surface area contributed by atoms with E-state index in [0.717, 1.165) is 23.0 Å². The fourth-order valence-electron chi connectivity index (χ4n) is 2.78. The van der Waals surface area contributed by atoms with Crippen molar-refractivity contribution in [1.29, 1.82) is 0 Å². The Bertz CT molecular complexity index is 1090. The van der Waals surface area contributed by atoms with Crippen molar-refractivity contribution in [3.8, 4) is 5.75 Å². The summed E-state index contributed by atoms with van der Waals surface area (Å²) in [5, 5.41) is 0.0944. The summed E-state index contributed by atoms with van der Waals surface area (Å²) in [6, 6.07) is 5.57. The van der Waals surface area contributed by atoms with Gasteiger partial charge in [-0.1, -0.05) is 0 Å². The predicted octanol–water partition coefficient (Wildman–Crippen LogP) is 2.32. The summed E-state index contributed by atoms with van der Waals surface area (Å²) < 4.78 is 32.1. The van der Waals surface area contributed by atoms with Crippen LogP contribution in [0, 0.1) is 0 Å². The molecule has 0 fully saturated rings. The van der Waals surface area contributed by atoms with Gasteiger partial charge in [0.25, 0.3) is 0 Å². The molecule has 4 N–H and O–H groups in total. The lowest BCUT2D eigenvalue weighted by Crippen LogP contribution is -2.20. The molecule has 0 atom stereocenters. The van der Waals surface area contributed by atoms with Crippen LogP contribution >= 0.6 is 0 Å². The zero-order chi connectivity index (χ0) is 19.8. The smallest absolute Gasteiger partial charge is 0.311 e. The lowest BCUT2D eigenvalue weighted by molar-refractivity contribution is 0.479. The zero-order valence-electron chi connectivity index (χ0n) is 15.5. The minimum atomic E-state index is -3.72. The number of nitrogens with two attached hydrogens (primary N) is 2. The fraction of sp³-hybridized carbons (Fsp3) is 0.333. The zero-order valence-corrected chi connectivity index (χ0v) is 16.3. The summed E-state index contributed by atoms with van der Waals surface area (Å²) in [5.41, 5.74) is 13.9. The standard InChI is InChI=1S/C18H23N5O3S/c1-4-23-6-5-14-15(23)8-12(7-13-10-21-18(20)22-17(13)19)9-16(14)26-27(24,25)11(2)3/h5-6,8-11H,4,7H2,1-3H3,(H4,19,20,21,22). The van der Waals surface area contributed by atoms with Gasteiger partial charge < -0.3 is 20.2 Å². The van der Waals surface area contributed by atoms with Crippen LogP contribution in [0.3, 0.4) is 0 Å². The second-order valence-electron chi connectivity index (χ2n) is 6.57. The molecule has 0 radical (unpaired) electrons. The van der Waals surface area contributed by atoms with Crippen LogP contribution < -0.4 is 15.7 Å². The lowest BCUT2D eigenvalue weighted by atomic mass is 10.0. The van der Waals surface area contributed by atoms with Crippen molar-refractivity contribution >= 4 is 32.8 Å². The molecular formula is C18H23N5O3S. The quantitative estimate of drug-likeness (QED) is 0.620. The Morgan fingerprint density at radius 2 is 2.00 bits per heavy atom. The van der Waals surface area contributed by atoms with Crippen LogP contribution in [0.2, 0.25) is 0 Å². The first-order valence-corrected chi connectivity index (χ1v) is 10.1. The Hall–Kier alpha value is -2.81. The van der Waals surface area contributed by atoms with Gasteiger partial charge in [-0.05, 0) is 44.5 Å². The maximum absolute atomic E-state index is 12.3. The Morgan fingerprint density at radius 3 is 2.63 bits per heavy atom. The highest BCUT2D eigenvalue weighted by atomic mass is 32.2. The van der Waals surface area contributed by atoms with Gasteiger partial charge in [0.2, 0.25) is 5.95 Å². The predicted molar refractivity (Wildman–Crippen MR) is 106 cm³/mol. The average molecular weight is 389 g/mol. The van der Waals surface area contributed by atoms with Crippen LogP contribution in [0.15, 0.2) is 30.6 Å². The van der Waals surface area contributed by atoms with Crippen molar-refractivity contribution in [3.63, 3.8) is 0 Å². The highest BCUT2D eigenvalue weighted by molar-refractivity contribution is 7.87. The monoisotopic (exact) mass is 389 g/mol. The summed E-state index contributed by atoms with van der Waals surface area (Å²) >= 11 is 0. The molecule has 1 aromatic carbocycles. The SMILES string of the molecule is CCn1ccc2c(OS(=O)(=O)C(C)C)cc(Cc3cnc(N)nc3N)cc21. The van der Waals surface area contributed by atoms with E-state index in [1.54, 1.807) is 26.1 Å². The Balaban J connectivity index is 2.10. The largest absolute Gasteiger partial charge is 0.383 e. The number of hydrogen-bond acceptors (Lipinski definition) is 7. The number of benzene rings is 1. The van der Waals surface area contributed by atoms with E-state index in [0.29, 0.717) is 23.6 Å². The summed E-state index contributed by atoms with van der Waals surface area (Å²) in [4.78, 5) is 7.95. The highest BCUT2D eigenvalue weighted by Crippen LogP contribution is 2.32. The van der Waals surface area contributed by atoms with Gasteiger partial charge in [0.1, 0.15) is 5.82 Å². The number of rotatable bonds is 6. The van der Waals surface area contributed by atoms with E-state index < -0.39 is 15.4 Å². The van der Waals surface area contributed by atoms with Crippen LogP contribution in [0.4, 0.5) is 11.8 Å². The van der Waals surface area contributed by atoms with E-state index in [-0.39, 0.29) is 5.95 Å². The average Bonchev–Trinajstić information content (AvgIpc) is 3.00. The second-order valence-corrected chi connectivity index (χ2v) is 8.66. The maximum atomic E-state index is 12.3. The molecule has 0 amide bonds. The molecule has 0 bridgehead atoms. The van der Waals surface area contributed by atoms with Gasteiger partial charge in [0.15, 0.2) is 5.75 Å². The molecule has 0 unspecified atom stereocenters. The Labute approximate surface area is 158 Å². The van der Waals surface area contributed by atoms with Gasteiger partial charge in [-0.15, -0.1) is 0 Å². The van der Waals surface area contributed by atoms with Gasteiger partial charge in [0, 0.05) is 36.3 Å². The molecule has 3 aromatic rings. The molecular weight excluding hydrogens is 366 g/mol. The number of fused-ring (bicyclic) bond motifs is 1. The summed E-state index contributed by atoms with van der Waals surface area (Å²) in [5.74, 6) is 0.711. The minimum absolute atomic E-state index is 0.110. The van der Waals surface area contributed by atoms with Crippen LogP contribution in [0.1, 0.15) is 31.9 Å². The molecule has 27 heavy (non-hydrogen) atoms. The molecule has 0 saturated carbocycles. The highest BCUT2D eigenvalue weighted by Gasteiger charge is 2.21. The first-order valence-electron chi connectivity index (χ1n) is 8.63. The lowest BCUT2D eigenvalue weighted by Gasteiger charge is -2.13. The van der Waals surface area contributed by atoms with E-state index in [4.69, 9.17) is 15.7 Å². The van der Waals surface area contributed by atoms with E-state index in [2.05, 4.69) is 9.97 Å². The normalized spacial score (nSPS) is 12.0. The molecule has 9 heteroatoms. The summed E-state index contributed by atoms with van der Waals surface area (Å²) in [6.45, 7) is 5.93. The number of nitrogens with zero attached hydrogens (tertiary/aromatic N) is 3. The Morgan fingerprint density at radius 1 is 1.26 bits per heavy atom. The van der Waals surface area contributed by atoms with Crippen molar-refractivity contribution < 1.29 is 12.6 Å². The van der Waals surface area contributed by atoms with E-state index in [1.165, 1.54) is 0 Å². The van der Waals surface area contributed by atoms with Gasteiger partial charge >= 0.3 is 10.1 Å². The van der Waals surface area contributed by atoms with Crippen LogP contribution in [-0.2, 0) is 23.1 Å². The minimum Gasteiger partial charge on any atom is -0.383 e. The Kier molecular flexibility index (Phi) is 4.97. The van der Waals surface area contributed by atoms with Gasteiger partial charge in [-0.25, -0.2) is 4.98 Å². The molecule has 0 spiro atoms. The van der Waals surface area contributed by atoms with Crippen molar-refractivity contribution in [2.45, 2.75) is 39.0 Å². The molecule has 0 aliphatic heterocycles. The molecule has 2 aromatic heterocycles. The molecule has 144 valence electrons.